The average molecular weight is 553 g/mol. The standard InChI is InChI=1S/C29H27F3N4O4/c1-15-5-6-23(25(11-15)39-29(30,31)32)36-27-19-13-24(37-4)20(26-16(2)35-40-17(26)3)12-21(19)33-14-22(27)34-28(36)18-7-9-38-10-8-18/h5-6,11-14,18H,7-10H2,1-4H3. The average Bonchev–Trinajstić information content (AvgIpc) is 3.47. The summed E-state index contributed by atoms with van der Waals surface area (Å²) in [6.07, 6.45) is -1.84. The number of aromatic nitrogens is 4. The SMILES string of the molecule is COc1cc2c(cc1-c1c(C)noc1C)ncc1nc(C3CCOCC3)n(-c3ccc(C)cc3OC(F)(F)F)c12. The summed E-state index contributed by atoms with van der Waals surface area (Å²) in [6, 6.07) is 8.52. The molecule has 208 valence electrons. The van der Waals surface area contributed by atoms with Crippen LogP contribution in [0.25, 0.3) is 38.8 Å². The Labute approximate surface area is 227 Å². The molecule has 0 radical (unpaired) electrons. The van der Waals surface area contributed by atoms with Crippen LogP contribution in [-0.4, -0.2) is 46.4 Å². The summed E-state index contributed by atoms with van der Waals surface area (Å²) < 4.78 is 63.7. The van der Waals surface area contributed by atoms with Crippen LogP contribution in [0, 0.1) is 20.8 Å². The molecular formula is C29H27F3N4O4. The Morgan fingerprint density at radius 3 is 2.45 bits per heavy atom. The highest BCUT2D eigenvalue weighted by atomic mass is 19.4. The maximum atomic E-state index is 13.6. The summed E-state index contributed by atoms with van der Waals surface area (Å²) in [4.78, 5) is 9.61. The zero-order valence-corrected chi connectivity index (χ0v) is 22.4. The molecule has 1 fully saturated rings. The highest BCUT2D eigenvalue weighted by molar-refractivity contribution is 6.06. The molecule has 0 bridgehead atoms. The minimum absolute atomic E-state index is 0.0280. The van der Waals surface area contributed by atoms with Crippen molar-refractivity contribution in [1.29, 1.82) is 0 Å². The largest absolute Gasteiger partial charge is 0.573 e. The molecule has 4 heterocycles. The van der Waals surface area contributed by atoms with Crippen LogP contribution in [0.1, 0.15) is 41.6 Å². The Hall–Kier alpha value is -4.12. The summed E-state index contributed by atoms with van der Waals surface area (Å²) in [5.41, 5.74) is 4.93. The summed E-state index contributed by atoms with van der Waals surface area (Å²) in [5, 5.41) is 4.75. The third-order valence-corrected chi connectivity index (χ3v) is 7.30. The van der Waals surface area contributed by atoms with Gasteiger partial charge in [0, 0.05) is 30.1 Å². The van der Waals surface area contributed by atoms with E-state index in [0.29, 0.717) is 76.6 Å². The van der Waals surface area contributed by atoms with Crippen molar-refractivity contribution in [3.63, 3.8) is 0 Å². The van der Waals surface area contributed by atoms with Gasteiger partial charge in [-0.2, -0.15) is 0 Å². The summed E-state index contributed by atoms with van der Waals surface area (Å²) in [5.74, 6) is 1.49. The smallest absolute Gasteiger partial charge is 0.496 e. The molecule has 0 saturated carbocycles. The number of fused-ring (bicyclic) bond motifs is 3. The molecule has 2 aromatic carbocycles. The number of pyridine rings is 1. The van der Waals surface area contributed by atoms with Crippen molar-refractivity contribution >= 4 is 21.9 Å². The maximum Gasteiger partial charge on any atom is 0.573 e. The first-order valence-electron chi connectivity index (χ1n) is 12.9. The van der Waals surface area contributed by atoms with Crippen molar-refractivity contribution in [3.05, 3.63) is 59.4 Å². The lowest BCUT2D eigenvalue weighted by molar-refractivity contribution is -0.274. The molecule has 1 saturated heterocycles. The van der Waals surface area contributed by atoms with Crippen molar-refractivity contribution in [2.24, 2.45) is 0 Å². The zero-order valence-electron chi connectivity index (χ0n) is 22.4. The van der Waals surface area contributed by atoms with Gasteiger partial charge in [-0.25, -0.2) is 4.98 Å². The fraction of sp³-hybridized carbons (Fsp3) is 0.345. The van der Waals surface area contributed by atoms with Gasteiger partial charge in [-0.05, 0) is 63.4 Å². The Morgan fingerprint density at radius 1 is 1.00 bits per heavy atom. The van der Waals surface area contributed by atoms with E-state index in [9.17, 15) is 13.2 Å². The van der Waals surface area contributed by atoms with Gasteiger partial charge in [0.1, 0.15) is 22.9 Å². The first-order chi connectivity index (χ1) is 19.1. The predicted molar refractivity (Wildman–Crippen MR) is 142 cm³/mol. The van der Waals surface area contributed by atoms with Crippen LogP contribution in [0.3, 0.4) is 0 Å². The quantitative estimate of drug-likeness (QED) is 0.233. The molecule has 0 spiro atoms. The Morgan fingerprint density at radius 2 is 1.77 bits per heavy atom. The lowest BCUT2D eigenvalue weighted by Gasteiger charge is -2.24. The van der Waals surface area contributed by atoms with Crippen molar-refractivity contribution in [3.8, 4) is 28.3 Å². The van der Waals surface area contributed by atoms with Gasteiger partial charge in [-0.15, -0.1) is 13.2 Å². The van der Waals surface area contributed by atoms with Gasteiger partial charge in [0.15, 0.2) is 5.75 Å². The van der Waals surface area contributed by atoms with Crippen molar-refractivity contribution in [2.75, 3.05) is 20.3 Å². The number of hydrogen-bond acceptors (Lipinski definition) is 7. The zero-order chi connectivity index (χ0) is 28.2. The number of aryl methyl sites for hydroxylation is 3. The molecule has 0 unspecified atom stereocenters. The number of hydrogen-bond donors (Lipinski definition) is 0. The minimum atomic E-state index is -4.87. The van der Waals surface area contributed by atoms with Crippen LogP contribution in [0.5, 0.6) is 11.5 Å². The van der Waals surface area contributed by atoms with Gasteiger partial charge in [0.05, 0.1) is 41.3 Å². The topological polar surface area (TPSA) is 84.4 Å². The van der Waals surface area contributed by atoms with Gasteiger partial charge in [0.25, 0.3) is 0 Å². The number of methoxy groups -OCH3 is 1. The highest BCUT2D eigenvalue weighted by Crippen LogP contribution is 2.42. The van der Waals surface area contributed by atoms with Gasteiger partial charge < -0.3 is 18.7 Å². The summed E-state index contributed by atoms with van der Waals surface area (Å²) in [6.45, 7) is 6.48. The molecule has 1 aliphatic rings. The molecule has 8 nitrogen and oxygen atoms in total. The predicted octanol–water partition coefficient (Wildman–Crippen LogP) is 6.96. The van der Waals surface area contributed by atoms with Crippen molar-refractivity contribution in [1.82, 2.24) is 19.7 Å². The van der Waals surface area contributed by atoms with E-state index in [1.54, 1.807) is 36.9 Å². The van der Waals surface area contributed by atoms with Gasteiger partial charge in [-0.3, -0.25) is 9.55 Å². The van der Waals surface area contributed by atoms with E-state index in [4.69, 9.17) is 19.0 Å². The van der Waals surface area contributed by atoms with Crippen LogP contribution >= 0.6 is 0 Å². The number of ether oxygens (including phenoxy) is 3. The molecule has 5 aromatic rings. The van der Waals surface area contributed by atoms with E-state index in [1.165, 1.54) is 6.07 Å². The van der Waals surface area contributed by atoms with Crippen molar-refractivity contribution in [2.45, 2.75) is 45.9 Å². The highest BCUT2D eigenvalue weighted by Gasteiger charge is 2.34. The first-order valence-corrected chi connectivity index (χ1v) is 12.9. The fourth-order valence-corrected chi connectivity index (χ4v) is 5.52. The van der Waals surface area contributed by atoms with Crippen LogP contribution in [0.2, 0.25) is 0 Å². The van der Waals surface area contributed by atoms with Gasteiger partial charge in [-0.1, -0.05) is 11.2 Å². The summed E-state index contributed by atoms with van der Waals surface area (Å²) >= 11 is 0. The summed E-state index contributed by atoms with van der Waals surface area (Å²) in [7, 11) is 1.57. The lowest BCUT2D eigenvalue weighted by atomic mass is 9.99. The molecule has 1 aliphatic heterocycles. The second-order valence-corrected chi connectivity index (χ2v) is 9.97. The number of halogens is 3. The number of alkyl halides is 3. The van der Waals surface area contributed by atoms with Crippen LogP contribution in [0.4, 0.5) is 13.2 Å². The van der Waals surface area contributed by atoms with Crippen LogP contribution in [0.15, 0.2) is 41.1 Å². The number of imidazole rings is 1. The Balaban J connectivity index is 1.68. The number of nitrogens with zero attached hydrogens (tertiary/aromatic N) is 4. The second-order valence-electron chi connectivity index (χ2n) is 9.97. The van der Waals surface area contributed by atoms with E-state index < -0.39 is 6.36 Å². The van der Waals surface area contributed by atoms with Crippen LogP contribution < -0.4 is 9.47 Å². The molecular weight excluding hydrogens is 525 g/mol. The monoisotopic (exact) mass is 552 g/mol. The second kappa shape index (κ2) is 9.81. The minimum Gasteiger partial charge on any atom is -0.496 e. The van der Waals surface area contributed by atoms with E-state index >= 15 is 0 Å². The molecule has 0 amide bonds. The molecule has 0 aliphatic carbocycles. The van der Waals surface area contributed by atoms with Gasteiger partial charge >= 0.3 is 6.36 Å². The first kappa shape index (κ1) is 26.1. The number of rotatable bonds is 5. The third-order valence-electron chi connectivity index (χ3n) is 7.30. The van der Waals surface area contributed by atoms with E-state index in [2.05, 4.69) is 14.9 Å². The van der Waals surface area contributed by atoms with E-state index in [-0.39, 0.29) is 17.4 Å². The normalized spacial score (nSPS) is 14.8. The molecule has 11 heteroatoms. The third kappa shape index (κ3) is 4.53. The molecule has 40 heavy (non-hydrogen) atoms. The lowest BCUT2D eigenvalue weighted by Crippen LogP contribution is -2.20. The molecule has 0 N–H and O–H groups in total. The van der Waals surface area contributed by atoms with E-state index in [1.807, 2.05) is 26.0 Å². The van der Waals surface area contributed by atoms with Crippen molar-refractivity contribution < 1.29 is 31.9 Å². The molecule has 0 atom stereocenters. The van der Waals surface area contributed by atoms with Crippen LogP contribution in [-0.2, 0) is 4.74 Å². The fourth-order valence-electron chi connectivity index (χ4n) is 5.52. The van der Waals surface area contributed by atoms with E-state index in [0.717, 1.165) is 11.1 Å². The Bertz CT molecular complexity index is 1720. The molecule has 6 rings (SSSR count). The Kier molecular flexibility index (Phi) is 6.41. The maximum absolute atomic E-state index is 13.6. The van der Waals surface area contributed by atoms with Gasteiger partial charge in [0.2, 0.25) is 0 Å². The molecule has 3 aromatic heterocycles. The number of benzene rings is 2.